The molecule has 73 heavy (non-hydrogen) atoms. The third kappa shape index (κ3) is 57.8. The summed E-state index contributed by atoms with van der Waals surface area (Å²) in [5, 5.41) is 0. The fraction of sp³-hybridized carbons (Fsp3) is 0.567. The van der Waals surface area contributed by atoms with Crippen molar-refractivity contribution in [3.8, 4) is 0 Å². The average Bonchev–Trinajstić information content (AvgIpc) is 3.39. The number of carbonyl (C=O) groups excluding carboxylic acids is 3. The number of allylic oxidation sites excluding steroid dienone is 26. The molecule has 0 fully saturated rings. The Hall–Kier alpha value is -4.97. The highest BCUT2D eigenvalue weighted by Gasteiger charge is 2.19. The van der Waals surface area contributed by atoms with E-state index in [0.717, 1.165) is 148 Å². The van der Waals surface area contributed by atoms with E-state index in [-0.39, 0.29) is 37.5 Å². The molecule has 0 aromatic carbocycles. The maximum absolute atomic E-state index is 12.9. The molecule has 0 aliphatic heterocycles. The van der Waals surface area contributed by atoms with Crippen LogP contribution in [0.1, 0.15) is 226 Å². The van der Waals surface area contributed by atoms with E-state index in [9.17, 15) is 14.4 Å². The van der Waals surface area contributed by atoms with Gasteiger partial charge in [-0.2, -0.15) is 0 Å². The third-order valence-electron chi connectivity index (χ3n) is 11.7. The van der Waals surface area contributed by atoms with Gasteiger partial charge in [-0.1, -0.05) is 262 Å². The third-order valence-corrected chi connectivity index (χ3v) is 11.7. The minimum absolute atomic E-state index is 0.112. The lowest BCUT2D eigenvalue weighted by atomic mass is 10.1. The van der Waals surface area contributed by atoms with Crippen molar-refractivity contribution in [3.63, 3.8) is 0 Å². The van der Waals surface area contributed by atoms with Crippen LogP contribution in [0.5, 0.6) is 0 Å². The molecule has 0 saturated carbocycles. The summed E-state index contributed by atoms with van der Waals surface area (Å²) in [6.45, 7) is 6.33. The Balaban J connectivity index is 4.56. The molecule has 0 aromatic rings. The van der Waals surface area contributed by atoms with Gasteiger partial charge in [0.05, 0.1) is 0 Å². The minimum Gasteiger partial charge on any atom is -0.462 e. The van der Waals surface area contributed by atoms with Crippen molar-refractivity contribution >= 4 is 17.9 Å². The first kappa shape index (κ1) is 68.0. The Morgan fingerprint density at radius 1 is 0.301 bits per heavy atom. The van der Waals surface area contributed by atoms with Crippen LogP contribution in [0.4, 0.5) is 0 Å². The van der Waals surface area contributed by atoms with Crippen molar-refractivity contribution in [1.29, 1.82) is 0 Å². The summed E-state index contributed by atoms with van der Waals surface area (Å²) in [6, 6.07) is 0. The molecular formula is C67H104O6. The Morgan fingerprint density at radius 2 is 0.616 bits per heavy atom. The van der Waals surface area contributed by atoms with Crippen LogP contribution in [0.25, 0.3) is 0 Å². The van der Waals surface area contributed by atoms with Crippen LogP contribution in [0.2, 0.25) is 0 Å². The van der Waals surface area contributed by atoms with E-state index in [4.69, 9.17) is 14.2 Å². The number of unbranched alkanes of at least 4 members (excludes halogenated alkanes) is 20. The summed E-state index contributed by atoms with van der Waals surface area (Å²) in [7, 11) is 0. The largest absolute Gasteiger partial charge is 0.462 e. The molecule has 6 heteroatoms. The van der Waals surface area contributed by atoms with Gasteiger partial charge in [-0.05, 0) is 103 Å². The number of hydrogen-bond donors (Lipinski definition) is 0. The molecule has 0 aliphatic rings. The van der Waals surface area contributed by atoms with Gasteiger partial charge in [-0.3, -0.25) is 14.4 Å². The Bertz CT molecular complexity index is 1670. The summed E-state index contributed by atoms with van der Waals surface area (Å²) < 4.78 is 16.8. The van der Waals surface area contributed by atoms with E-state index < -0.39 is 6.10 Å². The molecule has 0 bridgehead atoms. The van der Waals surface area contributed by atoms with Crippen molar-refractivity contribution in [2.24, 2.45) is 0 Å². The fourth-order valence-electron chi connectivity index (χ4n) is 7.36. The molecule has 0 rings (SSSR count). The molecule has 6 nitrogen and oxygen atoms in total. The van der Waals surface area contributed by atoms with Crippen LogP contribution in [0.15, 0.2) is 158 Å². The van der Waals surface area contributed by atoms with E-state index >= 15 is 0 Å². The molecule has 0 saturated heterocycles. The quantitative estimate of drug-likeness (QED) is 0.0199. The van der Waals surface area contributed by atoms with Crippen molar-refractivity contribution in [2.75, 3.05) is 13.2 Å². The molecule has 0 N–H and O–H groups in total. The number of rotatable bonds is 50. The summed E-state index contributed by atoms with van der Waals surface area (Å²) in [6.07, 6.45) is 86.4. The van der Waals surface area contributed by atoms with Gasteiger partial charge in [0.15, 0.2) is 6.10 Å². The van der Waals surface area contributed by atoms with Crippen LogP contribution in [-0.2, 0) is 28.6 Å². The number of hydrogen-bond acceptors (Lipinski definition) is 6. The zero-order valence-electron chi connectivity index (χ0n) is 46.6. The topological polar surface area (TPSA) is 78.9 Å². The standard InChI is InChI=1S/C67H104O6/c1-4-7-10-13-16-19-22-25-28-31-34-37-39-42-45-48-51-54-57-60-66(69)72-63-64(73-67(70)61-58-55-52-49-46-43-40-36-33-30-27-24-21-18-15-12-9-6-3)62-71-65(68)59-56-53-50-47-44-41-38-35-32-29-26-23-20-17-14-11-8-5-2/h7,10,12,15-21,23-30,32-38,40,64H,4-6,8-9,11,13-14,22,31,39,41-63H2,1-3H3/b10-7-,15-12-,19-16-,20-17-,21-18-,26-23-,27-24-,28-25-,32-29-,33-30-,37-34-,38-35-,40-36-. The first-order chi connectivity index (χ1) is 36.0. The Morgan fingerprint density at radius 3 is 1.01 bits per heavy atom. The smallest absolute Gasteiger partial charge is 0.306 e. The molecule has 0 amide bonds. The molecular weight excluding hydrogens is 901 g/mol. The lowest BCUT2D eigenvalue weighted by Crippen LogP contribution is -2.30. The first-order valence-electron chi connectivity index (χ1n) is 29.1. The van der Waals surface area contributed by atoms with Crippen molar-refractivity contribution in [3.05, 3.63) is 158 Å². The highest BCUT2D eigenvalue weighted by molar-refractivity contribution is 5.71. The summed E-state index contributed by atoms with van der Waals surface area (Å²) in [5.74, 6) is -0.980. The summed E-state index contributed by atoms with van der Waals surface area (Å²) in [5.41, 5.74) is 0. The zero-order valence-corrected chi connectivity index (χ0v) is 46.6. The van der Waals surface area contributed by atoms with Gasteiger partial charge in [-0.15, -0.1) is 0 Å². The van der Waals surface area contributed by atoms with Crippen LogP contribution in [0.3, 0.4) is 0 Å². The van der Waals surface area contributed by atoms with Gasteiger partial charge in [0.1, 0.15) is 13.2 Å². The van der Waals surface area contributed by atoms with Crippen LogP contribution in [-0.4, -0.2) is 37.2 Å². The molecule has 1 unspecified atom stereocenters. The maximum atomic E-state index is 12.9. The molecule has 0 radical (unpaired) electrons. The van der Waals surface area contributed by atoms with Gasteiger partial charge in [0.2, 0.25) is 0 Å². The fourth-order valence-corrected chi connectivity index (χ4v) is 7.36. The molecule has 0 heterocycles. The van der Waals surface area contributed by atoms with Crippen LogP contribution in [0, 0.1) is 0 Å². The van der Waals surface area contributed by atoms with Crippen LogP contribution < -0.4 is 0 Å². The Kier molecular flexibility index (Phi) is 55.5. The van der Waals surface area contributed by atoms with E-state index in [1.165, 1.54) is 38.5 Å². The number of carbonyl (C=O) groups is 3. The predicted octanol–water partition coefficient (Wildman–Crippen LogP) is 19.8. The van der Waals surface area contributed by atoms with Gasteiger partial charge in [-0.25, -0.2) is 0 Å². The number of esters is 3. The predicted molar refractivity (Wildman–Crippen MR) is 315 cm³/mol. The molecule has 408 valence electrons. The highest BCUT2D eigenvalue weighted by atomic mass is 16.6. The van der Waals surface area contributed by atoms with Crippen LogP contribution >= 0.6 is 0 Å². The van der Waals surface area contributed by atoms with Gasteiger partial charge >= 0.3 is 17.9 Å². The maximum Gasteiger partial charge on any atom is 0.306 e. The van der Waals surface area contributed by atoms with E-state index in [2.05, 4.69) is 142 Å². The second kappa shape index (κ2) is 59.6. The van der Waals surface area contributed by atoms with Gasteiger partial charge < -0.3 is 14.2 Å². The van der Waals surface area contributed by atoms with E-state index in [1.807, 2.05) is 36.5 Å². The lowest BCUT2D eigenvalue weighted by Gasteiger charge is -2.18. The van der Waals surface area contributed by atoms with E-state index in [1.54, 1.807) is 0 Å². The van der Waals surface area contributed by atoms with Crippen molar-refractivity contribution < 1.29 is 28.6 Å². The van der Waals surface area contributed by atoms with Crippen molar-refractivity contribution in [2.45, 2.75) is 232 Å². The number of ether oxygens (including phenoxy) is 3. The molecule has 0 aromatic heterocycles. The molecule has 0 aliphatic carbocycles. The lowest BCUT2D eigenvalue weighted by molar-refractivity contribution is -0.167. The minimum atomic E-state index is -0.817. The van der Waals surface area contributed by atoms with E-state index in [0.29, 0.717) is 12.8 Å². The Labute approximate surface area is 448 Å². The monoisotopic (exact) mass is 1000 g/mol. The summed E-state index contributed by atoms with van der Waals surface area (Å²) >= 11 is 0. The normalized spacial score (nSPS) is 13.3. The second-order valence-corrected chi connectivity index (χ2v) is 18.7. The van der Waals surface area contributed by atoms with Gasteiger partial charge in [0, 0.05) is 19.3 Å². The average molecular weight is 1010 g/mol. The molecule has 1 atom stereocenters. The van der Waals surface area contributed by atoms with Gasteiger partial charge in [0.25, 0.3) is 0 Å². The SMILES string of the molecule is CC/C=C\C/C=C\C/C=C\C/C=C\CCCCCCCCC(=O)OCC(COC(=O)CCCCCCC\C=C/C=C\C=C/C=C\CCCCC)OC(=O)CCCCCCC\C=C/C=C\C=C/C=C\C=C/CCC. The molecule has 0 spiro atoms. The van der Waals surface area contributed by atoms with Crippen molar-refractivity contribution in [1.82, 2.24) is 0 Å². The first-order valence-corrected chi connectivity index (χ1v) is 29.1. The zero-order chi connectivity index (χ0) is 52.9. The second-order valence-electron chi connectivity index (χ2n) is 18.7. The highest BCUT2D eigenvalue weighted by Crippen LogP contribution is 2.13. The summed E-state index contributed by atoms with van der Waals surface area (Å²) in [4.78, 5) is 38.2.